The van der Waals surface area contributed by atoms with Crippen LogP contribution in [0.1, 0.15) is 37.0 Å². The highest BCUT2D eigenvalue weighted by Crippen LogP contribution is 2.15. The number of thiophene rings is 1. The first kappa shape index (κ1) is 13.5. The molecule has 0 unspecified atom stereocenters. The molecule has 0 atom stereocenters. The molecule has 16 heavy (non-hydrogen) atoms. The van der Waals surface area contributed by atoms with Gasteiger partial charge in [0.1, 0.15) is 0 Å². The molecular formula is C12H18ClNOS. The Kier molecular flexibility index (Phi) is 5.85. The molecule has 1 amide bonds. The largest absolute Gasteiger partial charge is 0.334 e. The molecule has 4 heteroatoms. The number of rotatable bonds is 6. The zero-order valence-corrected chi connectivity index (χ0v) is 11.4. The fourth-order valence-electron chi connectivity index (χ4n) is 1.82. The maximum atomic E-state index is 12.2. The van der Waals surface area contributed by atoms with E-state index in [1.165, 1.54) is 0 Å². The second-order valence-corrected chi connectivity index (χ2v) is 4.83. The second kappa shape index (κ2) is 6.92. The number of hydrogen-bond acceptors (Lipinski definition) is 2. The van der Waals surface area contributed by atoms with Crippen molar-refractivity contribution in [1.29, 1.82) is 0 Å². The molecule has 1 aromatic heterocycles. The molecule has 0 radical (unpaired) electrons. The number of hydrogen-bond donors (Lipinski definition) is 0. The van der Waals surface area contributed by atoms with E-state index in [0.717, 1.165) is 18.4 Å². The van der Waals surface area contributed by atoms with Crippen molar-refractivity contribution < 1.29 is 4.79 Å². The summed E-state index contributed by atoms with van der Waals surface area (Å²) in [5.41, 5.74) is 0.780. The average Bonchev–Trinajstić information content (AvgIpc) is 2.82. The summed E-state index contributed by atoms with van der Waals surface area (Å²) in [5, 5.41) is 3.82. The van der Waals surface area contributed by atoms with E-state index in [-0.39, 0.29) is 5.91 Å². The molecule has 0 saturated heterocycles. The van der Waals surface area contributed by atoms with Crippen LogP contribution in [0, 0.1) is 0 Å². The van der Waals surface area contributed by atoms with Gasteiger partial charge in [0.25, 0.3) is 5.91 Å². The van der Waals surface area contributed by atoms with E-state index in [0.29, 0.717) is 18.5 Å². The van der Waals surface area contributed by atoms with E-state index in [2.05, 4.69) is 13.8 Å². The van der Waals surface area contributed by atoms with E-state index in [1.54, 1.807) is 11.3 Å². The van der Waals surface area contributed by atoms with E-state index in [4.69, 9.17) is 11.6 Å². The topological polar surface area (TPSA) is 20.3 Å². The van der Waals surface area contributed by atoms with Gasteiger partial charge in [0.05, 0.1) is 5.56 Å². The van der Waals surface area contributed by atoms with Gasteiger partial charge in [0.15, 0.2) is 0 Å². The van der Waals surface area contributed by atoms with Crippen molar-refractivity contribution in [1.82, 2.24) is 4.90 Å². The Morgan fingerprint density at radius 1 is 1.50 bits per heavy atom. The van der Waals surface area contributed by atoms with Gasteiger partial charge < -0.3 is 4.90 Å². The predicted octanol–water partition coefficient (Wildman–Crippen LogP) is 3.62. The summed E-state index contributed by atoms with van der Waals surface area (Å²) in [4.78, 5) is 14.1. The molecule has 2 nitrogen and oxygen atoms in total. The van der Waals surface area contributed by atoms with Crippen molar-refractivity contribution in [2.24, 2.45) is 0 Å². The van der Waals surface area contributed by atoms with E-state index in [1.807, 2.05) is 21.7 Å². The van der Waals surface area contributed by atoms with Crippen LogP contribution in [0.25, 0.3) is 0 Å². The summed E-state index contributed by atoms with van der Waals surface area (Å²) in [7, 11) is 0. The average molecular weight is 260 g/mol. The van der Waals surface area contributed by atoms with Crippen LogP contribution in [-0.4, -0.2) is 29.3 Å². The second-order valence-electron chi connectivity index (χ2n) is 3.67. The summed E-state index contributed by atoms with van der Waals surface area (Å²) in [6.45, 7) is 4.84. The minimum absolute atomic E-state index is 0.107. The van der Waals surface area contributed by atoms with Crippen LogP contribution in [-0.2, 0) is 0 Å². The SMILES string of the molecule is CCC(CC)N(CCCl)C(=O)c1ccsc1. The lowest BCUT2D eigenvalue weighted by molar-refractivity contribution is 0.0682. The van der Waals surface area contributed by atoms with Gasteiger partial charge >= 0.3 is 0 Å². The smallest absolute Gasteiger partial charge is 0.254 e. The van der Waals surface area contributed by atoms with Crippen LogP contribution >= 0.6 is 22.9 Å². The van der Waals surface area contributed by atoms with Crippen molar-refractivity contribution in [3.8, 4) is 0 Å². The summed E-state index contributed by atoms with van der Waals surface area (Å²) < 4.78 is 0. The highest BCUT2D eigenvalue weighted by molar-refractivity contribution is 7.08. The summed E-state index contributed by atoms with van der Waals surface area (Å²) in [6.07, 6.45) is 1.95. The fraction of sp³-hybridized carbons (Fsp3) is 0.583. The van der Waals surface area contributed by atoms with Crippen LogP contribution in [0.3, 0.4) is 0 Å². The Labute approximate surface area is 106 Å². The Morgan fingerprint density at radius 2 is 2.19 bits per heavy atom. The molecule has 1 heterocycles. The van der Waals surface area contributed by atoms with Gasteiger partial charge in [0.2, 0.25) is 0 Å². The zero-order chi connectivity index (χ0) is 12.0. The van der Waals surface area contributed by atoms with E-state index >= 15 is 0 Å². The lowest BCUT2D eigenvalue weighted by Crippen LogP contribution is -2.40. The summed E-state index contributed by atoms with van der Waals surface area (Å²) in [5.74, 6) is 0.599. The first-order valence-electron chi connectivity index (χ1n) is 5.63. The molecule has 0 aromatic carbocycles. The molecule has 0 spiro atoms. The first-order valence-corrected chi connectivity index (χ1v) is 7.11. The molecule has 0 aliphatic heterocycles. The normalized spacial score (nSPS) is 10.8. The molecule has 0 N–H and O–H groups in total. The Morgan fingerprint density at radius 3 is 2.62 bits per heavy atom. The predicted molar refractivity (Wildman–Crippen MR) is 70.4 cm³/mol. The Bertz CT molecular complexity index is 309. The van der Waals surface area contributed by atoms with E-state index in [9.17, 15) is 4.79 Å². The van der Waals surface area contributed by atoms with Crippen LogP contribution in [0.4, 0.5) is 0 Å². The van der Waals surface area contributed by atoms with Gasteiger partial charge in [-0.2, -0.15) is 11.3 Å². The van der Waals surface area contributed by atoms with Crippen molar-refractivity contribution in [2.45, 2.75) is 32.7 Å². The van der Waals surface area contributed by atoms with Crippen LogP contribution < -0.4 is 0 Å². The molecule has 0 bridgehead atoms. The monoisotopic (exact) mass is 259 g/mol. The van der Waals surface area contributed by atoms with E-state index < -0.39 is 0 Å². The minimum atomic E-state index is 0.107. The molecule has 90 valence electrons. The first-order chi connectivity index (χ1) is 7.74. The maximum absolute atomic E-state index is 12.2. The molecule has 0 saturated carbocycles. The fourth-order valence-corrected chi connectivity index (χ4v) is 2.63. The number of carbonyl (C=O) groups is 1. The van der Waals surface area contributed by atoms with Crippen molar-refractivity contribution in [3.63, 3.8) is 0 Å². The van der Waals surface area contributed by atoms with Crippen molar-refractivity contribution in [2.75, 3.05) is 12.4 Å². The lowest BCUT2D eigenvalue weighted by atomic mass is 10.1. The zero-order valence-electron chi connectivity index (χ0n) is 9.78. The van der Waals surface area contributed by atoms with Crippen LogP contribution in [0.2, 0.25) is 0 Å². The Balaban J connectivity index is 2.80. The maximum Gasteiger partial charge on any atom is 0.254 e. The summed E-state index contributed by atoms with van der Waals surface area (Å²) in [6, 6.07) is 2.17. The van der Waals surface area contributed by atoms with Crippen molar-refractivity contribution in [3.05, 3.63) is 22.4 Å². The summed E-state index contributed by atoms with van der Waals surface area (Å²) >= 11 is 7.32. The quantitative estimate of drug-likeness (QED) is 0.715. The third-order valence-corrected chi connectivity index (χ3v) is 3.59. The highest BCUT2D eigenvalue weighted by Gasteiger charge is 2.21. The number of alkyl halides is 1. The standard InChI is InChI=1S/C12H18ClNOS/c1-3-11(4-2)14(7-6-13)12(15)10-5-8-16-9-10/h5,8-9,11H,3-4,6-7H2,1-2H3. The van der Waals surface area contributed by atoms with Gasteiger partial charge in [-0.05, 0) is 24.3 Å². The van der Waals surface area contributed by atoms with Gasteiger partial charge in [-0.1, -0.05) is 13.8 Å². The number of carbonyl (C=O) groups excluding carboxylic acids is 1. The molecule has 0 aliphatic carbocycles. The van der Waals surface area contributed by atoms with Gasteiger partial charge in [0, 0.05) is 23.8 Å². The minimum Gasteiger partial charge on any atom is -0.334 e. The third-order valence-electron chi connectivity index (χ3n) is 2.74. The van der Waals surface area contributed by atoms with Gasteiger partial charge in [-0.3, -0.25) is 4.79 Å². The molecule has 0 fully saturated rings. The van der Waals surface area contributed by atoms with Crippen molar-refractivity contribution >= 4 is 28.8 Å². The molecule has 1 aromatic rings. The molecule has 1 rings (SSSR count). The van der Waals surface area contributed by atoms with Crippen LogP contribution in [0.15, 0.2) is 16.8 Å². The van der Waals surface area contributed by atoms with Gasteiger partial charge in [-0.15, -0.1) is 11.6 Å². The Hall–Kier alpha value is -0.540. The van der Waals surface area contributed by atoms with Crippen LogP contribution in [0.5, 0.6) is 0 Å². The molecule has 0 aliphatic rings. The molecular weight excluding hydrogens is 242 g/mol. The number of halogens is 1. The van der Waals surface area contributed by atoms with Gasteiger partial charge in [-0.25, -0.2) is 0 Å². The highest BCUT2D eigenvalue weighted by atomic mass is 35.5. The number of nitrogens with zero attached hydrogens (tertiary/aromatic N) is 1. The third kappa shape index (κ3) is 3.22. The lowest BCUT2D eigenvalue weighted by Gasteiger charge is -2.29. The number of amides is 1.